The lowest BCUT2D eigenvalue weighted by Crippen LogP contribution is -2.48. The summed E-state index contributed by atoms with van der Waals surface area (Å²) in [6.45, 7) is 8.78. The molecule has 0 aromatic heterocycles. The first-order valence-electron chi connectivity index (χ1n) is 6.85. The Morgan fingerprint density at radius 2 is 1.94 bits per heavy atom. The van der Waals surface area contributed by atoms with Gasteiger partial charge in [-0.15, -0.1) is 0 Å². The Morgan fingerprint density at radius 1 is 1.33 bits per heavy atom. The lowest BCUT2D eigenvalue weighted by atomic mass is 9.72. The van der Waals surface area contributed by atoms with E-state index >= 15 is 0 Å². The number of ether oxygens (including phenoxy) is 1. The van der Waals surface area contributed by atoms with Crippen LogP contribution in [0.2, 0.25) is 0 Å². The molecule has 0 spiro atoms. The van der Waals surface area contributed by atoms with Crippen LogP contribution in [0.1, 0.15) is 40.5 Å². The Morgan fingerprint density at radius 3 is 2.50 bits per heavy atom. The molecule has 0 saturated heterocycles. The smallest absolute Gasteiger partial charge is 0.223 e. The average Bonchev–Trinajstić information content (AvgIpc) is 2.31. The zero-order chi connectivity index (χ0) is 13.9. The fourth-order valence-corrected chi connectivity index (χ4v) is 2.55. The predicted octanol–water partition coefficient (Wildman–Crippen LogP) is 1.54. The van der Waals surface area contributed by atoms with Gasteiger partial charge in [-0.3, -0.25) is 4.79 Å². The van der Waals surface area contributed by atoms with Crippen molar-refractivity contribution in [3.05, 3.63) is 0 Å². The van der Waals surface area contributed by atoms with Crippen LogP contribution in [0.25, 0.3) is 0 Å². The number of carbonyl (C=O) groups is 1. The average molecular weight is 256 g/mol. The summed E-state index contributed by atoms with van der Waals surface area (Å²) in [5.41, 5.74) is 5.76. The molecule has 1 saturated carbocycles. The second kappa shape index (κ2) is 6.02. The van der Waals surface area contributed by atoms with Gasteiger partial charge < -0.3 is 15.8 Å². The molecule has 0 bridgehead atoms. The van der Waals surface area contributed by atoms with Gasteiger partial charge in [0.25, 0.3) is 0 Å². The summed E-state index contributed by atoms with van der Waals surface area (Å²) in [6, 6.07) is 0.146. The van der Waals surface area contributed by atoms with E-state index in [9.17, 15) is 4.79 Å². The number of nitrogens with two attached hydrogens (primary N) is 1. The first kappa shape index (κ1) is 15.4. The van der Waals surface area contributed by atoms with Crippen LogP contribution < -0.4 is 11.1 Å². The van der Waals surface area contributed by atoms with E-state index in [1.807, 2.05) is 13.8 Å². The molecule has 0 heterocycles. The molecule has 0 aromatic carbocycles. The normalized spacial score (nSPS) is 33.2. The molecular formula is C14H28N2O2. The van der Waals surface area contributed by atoms with Gasteiger partial charge in [-0.25, -0.2) is 0 Å². The molecule has 1 aliphatic carbocycles. The molecule has 18 heavy (non-hydrogen) atoms. The maximum atomic E-state index is 12.2. The van der Waals surface area contributed by atoms with Crippen LogP contribution in [0.4, 0.5) is 0 Å². The van der Waals surface area contributed by atoms with Crippen molar-refractivity contribution in [2.75, 3.05) is 13.7 Å². The minimum atomic E-state index is -0.316. The van der Waals surface area contributed by atoms with E-state index in [1.165, 1.54) is 0 Å². The molecule has 0 radical (unpaired) electrons. The third-order valence-corrected chi connectivity index (χ3v) is 4.27. The number of amides is 1. The topological polar surface area (TPSA) is 64.3 Å². The Bertz CT molecular complexity index is 292. The number of methoxy groups -OCH3 is 1. The van der Waals surface area contributed by atoms with Crippen molar-refractivity contribution in [1.29, 1.82) is 0 Å². The maximum absolute atomic E-state index is 12.2. The number of nitrogens with one attached hydrogen (secondary N) is 1. The molecular weight excluding hydrogens is 228 g/mol. The first-order valence-corrected chi connectivity index (χ1v) is 6.85. The summed E-state index contributed by atoms with van der Waals surface area (Å²) >= 11 is 0. The summed E-state index contributed by atoms with van der Waals surface area (Å²) in [5.74, 6) is 1.09. The lowest BCUT2D eigenvalue weighted by molar-refractivity contribution is -0.129. The Kier molecular flexibility index (Phi) is 5.17. The van der Waals surface area contributed by atoms with E-state index < -0.39 is 0 Å². The SMILES string of the molecule is COC(C)(C)CNC(=O)C1CC(N)C(C)CC1C. The summed E-state index contributed by atoms with van der Waals surface area (Å²) in [4.78, 5) is 12.2. The fourth-order valence-electron chi connectivity index (χ4n) is 2.55. The molecule has 1 aliphatic rings. The molecule has 4 atom stereocenters. The zero-order valence-electron chi connectivity index (χ0n) is 12.3. The van der Waals surface area contributed by atoms with Gasteiger partial charge in [0.05, 0.1) is 5.60 Å². The Balaban J connectivity index is 2.51. The van der Waals surface area contributed by atoms with Crippen LogP contribution in [-0.2, 0) is 9.53 Å². The van der Waals surface area contributed by atoms with Crippen molar-refractivity contribution >= 4 is 5.91 Å². The monoisotopic (exact) mass is 256 g/mol. The minimum absolute atomic E-state index is 0.0452. The first-order chi connectivity index (χ1) is 8.26. The van der Waals surface area contributed by atoms with Crippen LogP contribution in [0.15, 0.2) is 0 Å². The standard InChI is InChI=1S/C14H28N2O2/c1-9-6-10(2)12(15)7-11(9)13(17)16-8-14(3,4)18-5/h9-12H,6-8,15H2,1-5H3,(H,16,17). The molecule has 106 valence electrons. The molecule has 4 nitrogen and oxygen atoms in total. The highest BCUT2D eigenvalue weighted by molar-refractivity contribution is 5.79. The molecule has 4 heteroatoms. The van der Waals surface area contributed by atoms with E-state index in [-0.39, 0.29) is 23.5 Å². The van der Waals surface area contributed by atoms with Crippen molar-refractivity contribution in [3.8, 4) is 0 Å². The third kappa shape index (κ3) is 3.95. The van der Waals surface area contributed by atoms with Crippen LogP contribution in [0.5, 0.6) is 0 Å². The van der Waals surface area contributed by atoms with E-state index in [1.54, 1.807) is 7.11 Å². The van der Waals surface area contributed by atoms with Crippen molar-refractivity contribution in [3.63, 3.8) is 0 Å². The molecule has 3 N–H and O–H groups in total. The number of hydrogen-bond donors (Lipinski definition) is 2. The van der Waals surface area contributed by atoms with Crippen molar-refractivity contribution in [2.45, 2.75) is 52.2 Å². The van der Waals surface area contributed by atoms with E-state index in [0.29, 0.717) is 18.4 Å². The van der Waals surface area contributed by atoms with Crippen molar-refractivity contribution < 1.29 is 9.53 Å². The highest BCUT2D eigenvalue weighted by Crippen LogP contribution is 2.32. The minimum Gasteiger partial charge on any atom is -0.377 e. The molecule has 0 aromatic rings. The maximum Gasteiger partial charge on any atom is 0.223 e. The lowest BCUT2D eigenvalue weighted by Gasteiger charge is -2.36. The highest BCUT2D eigenvalue weighted by Gasteiger charge is 2.35. The van der Waals surface area contributed by atoms with E-state index in [0.717, 1.165) is 12.8 Å². The molecule has 1 amide bonds. The van der Waals surface area contributed by atoms with Gasteiger partial charge in [0.15, 0.2) is 0 Å². The summed E-state index contributed by atoms with van der Waals surface area (Å²) in [7, 11) is 1.66. The van der Waals surface area contributed by atoms with Gasteiger partial charge in [-0.1, -0.05) is 13.8 Å². The van der Waals surface area contributed by atoms with E-state index in [2.05, 4.69) is 19.2 Å². The van der Waals surface area contributed by atoms with Gasteiger partial charge in [0.2, 0.25) is 5.91 Å². The van der Waals surface area contributed by atoms with E-state index in [4.69, 9.17) is 10.5 Å². The molecule has 1 fully saturated rings. The van der Waals surface area contributed by atoms with Gasteiger partial charge in [0, 0.05) is 25.6 Å². The second-order valence-electron chi connectivity index (χ2n) is 6.38. The highest BCUT2D eigenvalue weighted by atomic mass is 16.5. The number of hydrogen-bond acceptors (Lipinski definition) is 3. The number of rotatable bonds is 4. The molecule has 1 rings (SSSR count). The van der Waals surface area contributed by atoms with Crippen molar-refractivity contribution in [2.24, 2.45) is 23.5 Å². The molecule has 4 unspecified atom stereocenters. The second-order valence-corrected chi connectivity index (χ2v) is 6.38. The van der Waals surface area contributed by atoms with Crippen LogP contribution in [-0.4, -0.2) is 31.2 Å². The predicted molar refractivity (Wildman–Crippen MR) is 73.1 cm³/mol. The third-order valence-electron chi connectivity index (χ3n) is 4.27. The van der Waals surface area contributed by atoms with Gasteiger partial charge in [-0.2, -0.15) is 0 Å². The van der Waals surface area contributed by atoms with Gasteiger partial charge >= 0.3 is 0 Å². The molecule has 0 aliphatic heterocycles. The van der Waals surface area contributed by atoms with Crippen LogP contribution in [0, 0.1) is 17.8 Å². The zero-order valence-corrected chi connectivity index (χ0v) is 12.3. The van der Waals surface area contributed by atoms with Crippen LogP contribution in [0.3, 0.4) is 0 Å². The summed E-state index contributed by atoms with van der Waals surface area (Å²) < 4.78 is 5.30. The largest absolute Gasteiger partial charge is 0.377 e. The van der Waals surface area contributed by atoms with Gasteiger partial charge in [-0.05, 0) is 38.5 Å². The number of carbonyl (C=O) groups excluding carboxylic acids is 1. The van der Waals surface area contributed by atoms with Gasteiger partial charge in [0.1, 0.15) is 0 Å². The quantitative estimate of drug-likeness (QED) is 0.802. The Hall–Kier alpha value is -0.610. The fraction of sp³-hybridized carbons (Fsp3) is 0.929. The summed E-state index contributed by atoms with van der Waals surface area (Å²) in [5, 5.41) is 2.99. The Labute approximate surface area is 111 Å². The van der Waals surface area contributed by atoms with Crippen molar-refractivity contribution in [1.82, 2.24) is 5.32 Å². The summed E-state index contributed by atoms with van der Waals surface area (Å²) in [6.07, 6.45) is 1.83. The van der Waals surface area contributed by atoms with Crippen LogP contribution >= 0.6 is 0 Å².